The molecule has 0 radical (unpaired) electrons. The molecule has 0 spiro atoms. The van der Waals surface area contributed by atoms with E-state index in [1.54, 1.807) is 18.2 Å². The van der Waals surface area contributed by atoms with Crippen molar-refractivity contribution in [2.24, 2.45) is 0 Å². The van der Waals surface area contributed by atoms with Gasteiger partial charge in [-0.05, 0) is 0 Å². The summed E-state index contributed by atoms with van der Waals surface area (Å²) in [5.74, 6) is -0.630. The normalized spacial score (nSPS) is 10.1. The number of anilines is 1. The molecule has 0 bridgehead atoms. The minimum atomic E-state index is -0.539. The van der Waals surface area contributed by atoms with E-state index in [1.165, 1.54) is 6.07 Å². The number of nitro groups is 1. The van der Waals surface area contributed by atoms with E-state index in [-0.39, 0.29) is 24.0 Å². The van der Waals surface area contributed by atoms with Crippen molar-refractivity contribution in [3.63, 3.8) is 0 Å². The molecular weight excluding hydrogens is 252 g/mol. The number of carbonyl (C=O) groups is 1. The van der Waals surface area contributed by atoms with Gasteiger partial charge in [-0.3, -0.25) is 20.0 Å². The van der Waals surface area contributed by atoms with Gasteiger partial charge in [-0.15, -0.1) is 5.10 Å². The molecule has 0 aliphatic heterocycles. The van der Waals surface area contributed by atoms with Crippen LogP contribution in [0.4, 0.5) is 11.6 Å². The first-order valence-electron chi connectivity index (χ1n) is 5.26. The van der Waals surface area contributed by atoms with Gasteiger partial charge in [0.25, 0.3) is 11.6 Å². The number of nitrogen functional groups attached to an aromatic ring is 1. The van der Waals surface area contributed by atoms with Gasteiger partial charge in [0.1, 0.15) is 0 Å². The van der Waals surface area contributed by atoms with E-state index in [0.29, 0.717) is 5.56 Å². The number of carbonyl (C=O) groups excluding carboxylic acids is 1. The zero-order valence-corrected chi connectivity index (χ0v) is 9.66. The Bertz CT molecular complexity index is 623. The number of aromatic amines is 1. The van der Waals surface area contributed by atoms with Crippen molar-refractivity contribution in [3.05, 3.63) is 45.8 Å². The second-order valence-corrected chi connectivity index (χ2v) is 3.61. The Hall–Kier alpha value is -2.97. The summed E-state index contributed by atoms with van der Waals surface area (Å²) in [6.07, 6.45) is 0. The molecule has 1 heterocycles. The third-order valence-electron chi connectivity index (χ3n) is 2.35. The van der Waals surface area contributed by atoms with Crippen LogP contribution in [0.5, 0.6) is 0 Å². The number of rotatable bonds is 4. The predicted molar refractivity (Wildman–Crippen MR) is 65.1 cm³/mol. The summed E-state index contributed by atoms with van der Waals surface area (Å²) in [5, 5.41) is 19.1. The van der Waals surface area contributed by atoms with Crippen LogP contribution in [0.1, 0.15) is 16.2 Å². The Morgan fingerprint density at radius 2 is 2.21 bits per heavy atom. The standard InChI is InChI=1S/C10H10N6O3/c11-10-13-8(14-15-10)9(17)12-5-6-3-1-2-4-7(6)16(18)19/h1-4H,5H2,(H,12,17)(H3,11,13,14,15). The fraction of sp³-hybridized carbons (Fsp3) is 0.100. The quantitative estimate of drug-likeness (QED) is 0.532. The van der Waals surface area contributed by atoms with Gasteiger partial charge in [0.05, 0.1) is 4.92 Å². The van der Waals surface area contributed by atoms with Gasteiger partial charge >= 0.3 is 0 Å². The highest BCUT2D eigenvalue weighted by Crippen LogP contribution is 2.17. The van der Waals surface area contributed by atoms with Crippen molar-refractivity contribution in [3.8, 4) is 0 Å². The monoisotopic (exact) mass is 262 g/mol. The van der Waals surface area contributed by atoms with E-state index in [9.17, 15) is 14.9 Å². The summed E-state index contributed by atoms with van der Waals surface area (Å²) in [7, 11) is 0. The van der Waals surface area contributed by atoms with Crippen molar-refractivity contribution in [1.29, 1.82) is 0 Å². The van der Waals surface area contributed by atoms with Crippen molar-refractivity contribution in [2.75, 3.05) is 5.73 Å². The van der Waals surface area contributed by atoms with Crippen molar-refractivity contribution in [2.45, 2.75) is 6.54 Å². The first-order chi connectivity index (χ1) is 9.08. The lowest BCUT2D eigenvalue weighted by atomic mass is 10.2. The Labute approximate surface area is 107 Å². The predicted octanol–water partition coefficient (Wildman–Crippen LogP) is 0.225. The molecular formula is C10H10N6O3. The number of nitrogens with two attached hydrogens (primary N) is 1. The van der Waals surface area contributed by atoms with Gasteiger partial charge in [0.2, 0.25) is 11.8 Å². The first-order valence-corrected chi connectivity index (χ1v) is 5.26. The van der Waals surface area contributed by atoms with Gasteiger partial charge in [0, 0.05) is 18.2 Å². The molecule has 0 saturated carbocycles. The summed E-state index contributed by atoms with van der Waals surface area (Å²) in [6, 6.07) is 6.14. The average molecular weight is 262 g/mol. The number of nitrogens with zero attached hydrogens (tertiary/aromatic N) is 3. The van der Waals surface area contributed by atoms with Crippen molar-refractivity contribution < 1.29 is 9.72 Å². The van der Waals surface area contributed by atoms with Crippen molar-refractivity contribution >= 4 is 17.5 Å². The van der Waals surface area contributed by atoms with Gasteiger partial charge < -0.3 is 11.1 Å². The van der Waals surface area contributed by atoms with Crippen molar-refractivity contribution in [1.82, 2.24) is 20.5 Å². The molecule has 0 fully saturated rings. The molecule has 0 aliphatic carbocycles. The first kappa shape index (κ1) is 12.5. The van der Waals surface area contributed by atoms with Crippen LogP contribution in [0.25, 0.3) is 0 Å². The number of benzene rings is 1. The Kier molecular flexibility index (Phi) is 3.37. The molecule has 0 aliphatic rings. The number of para-hydroxylation sites is 1. The molecule has 4 N–H and O–H groups in total. The summed E-state index contributed by atoms with van der Waals surface area (Å²) in [5.41, 5.74) is 5.61. The van der Waals surface area contributed by atoms with Crippen LogP contribution in [-0.2, 0) is 6.54 Å². The molecule has 9 nitrogen and oxygen atoms in total. The minimum absolute atomic E-state index is 0.0105. The number of nitro benzene ring substituents is 1. The SMILES string of the molecule is Nc1n[nH]c(C(=O)NCc2ccccc2[N+](=O)[O-])n1. The third-order valence-corrected chi connectivity index (χ3v) is 2.35. The van der Waals surface area contributed by atoms with E-state index in [1.807, 2.05) is 0 Å². The number of amides is 1. The Balaban J connectivity index is 2.07. The number of nitrogens with one attached hydrogen (secondary N) is 2. The second kappa shape index (κ2) is 5.12. The summed E-state index contributed by atoms with van der Waals surface area (Å²) in [6.45, 7) is 0.0105. The fourth-order valence-electron chi connectivity index (χ4n) is 1.47. The molecule has 1 aromatic carbocycles. The fourth-order valence-corrected chi connectivity index (χ4v) is 1.47. The second-order valence-electron chi connectivity index (χ2n) is 3.61. The Morgan fingerprint density at radius 1 is 1.47 bits per heavy atom. The molecule has 2 rings (SSSR count). The summed E-state index contributed by atoms with van der Waals surface area (Å²) >= 11 is 0. The van der Waals surface area contributed by atoms with Crippen LogP contribution in [0, 0.1) is 10.1 Å². The molecule has 0 atom stereocenters. The van der Waals surface area contributed by atoms with Crippen LogP contribution in [0.3, 0.4) is 0 Å². The van der Waals surface area contributed by atoms with E-state index >= 15 is 0 Å². The zero-order chi connectivity index (χ0) is 13.8. The lowest BCUT2D eigenvalue weighted by Gasteiger charge is -2.03. The largest absolute Gasteiger partial charge is 0.366 e. The van der Waals surface area contributed by atoms with Gasteiger partial charge in [-0.1, -0.05) is 18.2 Å². The van der Waals surface area contributed by atoms with E-state index in [0.717, 1.165) is 0 Å². The topological polar surface area (TPSA) is 140 Å². The van der Waals surface area contributed by atoms with Crippen LogP contribution < -0.4 is 11.1 Å². The van der Waals surface area contributed by atoms with E-state index in [4.69, 9.17) is 5.73 Å². The van der Waals surface area contributed by atoms with Crippen LogP contribution in [0.2, 0.25) is 0 Å². The molecule has 2 aromatic rings. The maximum Gasteiger partial charge on any atom is 0.288 e. The molecule has 0 saturated heterocycles. The Morgan fingerprint density at radius 3 is 2.84 bits per heavy atom. The molecule has 1 amide bonds. The number of hydrogen-bond acceptors (Lipinski definition) is 6. The van der Waals surface area contributed by atoms with E-state index in [2.05, 4.69) is 20.5 Å². The van der Waals surface area contributed by atoms with Gasteiger partial charge in [-0.2, -0.15) is 4.98 Å². The van der Waals surface area contributed by atoms with Crippen LogP contribution in [0.15, 0.2) is 24.3 Å². The minimum Gasteiger partial charge on any atom is -0.366 e. The lowest BCUT2D eigenvalue weighted by Crippen LogP contribution is -2.24. The smallest absolute Gasteiger partial charge is 0.288 e. The van der Waals surface area contributed by atoms with Crippen LogP contribution in [-0.4, -0.2) is 26.0 Å². The molecule has 1 aromatic heterocycles. The molecule has 0 unspecified atom stereocenters. The highest BCUT2D eigenvalue weighted by atomic mass is 16.6. The third kappa shape index (κ3) is 2.83. The maximum atomic E-state index is 11.6. The highest BCUT2D eigenvalue weighted by molar-refractivity contribution is 5.90. The number of aromatic nitrogens is 3. The van der Waals surface area contributed by atoms with Crippen LogP contribution >= 0.6 is 0 Å². The molecule has 98 valence electrons. The molecule has 9 heteroatoms. The maximum absolute atomic E-state index is 11.6. The lowest BCUT2D eigenvalue weighted by molar-refractivity contribution is -0.385. The number of hydrogen-bond donors (Lipinski definition) is 3. The highest BCUT2D eigenvalue weighted by Gasteiger charge is 2.15. The average Bonchev–Trinajstić information content (AvgIpc) is 2.83. The summed E-state index contributed by atoms with van der Waals surface area (Å²) < 4.78 is 0. The zero-order valence-electron chi connectivity index (χ0n) is 9.66. The molecule has 19 heavy (non-hydrogen) atoms. The van der Waals surface area contributed by atoms with E-state index < -0.39 is 10.8 Å². The van der Waals surface area contributed by atoms with Gasteiger partial charge in [-0.25, -0.2) is 0 Å². The summed E-state index contributed by atoms with van der Waals surface area (Å²) in [4.78, 5) is 25.6. The number of H-pyrrole nitrogens is 1. The van der Waals surface area contributed by atoms with Gasteiger partial charge in [0.15, 0.2) is 0 Å².